The molecule has 0 saturated heterocycles. The van der Waals surface area contributed by atoms with Gasteiger partial charge in [-0.3, -0.25) is 14.5 Å². The maximum atomic E-state index is 13.1. The molecule has 242 valence electrons. The van der Waals surface area contributed by atoms with E-state index < -0.39 is 30.3 Å². The van der Waals surface area contributed by atoms with Crippen molar-refractivity contribution in [3.63, 3.8) is 0 Å². The zero-order chi connectivity index (χ0) is 33.0. The normalized spacial score (nSPS) is 18.4. The number of alkyl halides is 2. The summed E-state index contributed by atoms with van der Waals surface area (Å²) in [6.07, 6.45) is 4.38. The minimum absolute atomic E-state index is 0.139. The highest BCUT2D eigenvalue weighted by atomic mass is 19.3. The molecule has 11 nitrogen and oxygen atoms in total. The lowest BCUT2D eigenvalue weighted by Gasteiger charge is -2.37. The molecule has 0 radical (unpaired) electrons. The van der Waals surface area contributed by atoms with Gasteiger partial charge in [0.15, 0.2) is 0 Å². The zero-order valence-corrected chi connectivity index (χ0v) is 26.0. The third kappa shape index (κ3) is 7.71. The molecule has 0 amide bonds. The van der Waals surface area contributed by atoms with Crippen molar-refractivity contribution in [2.45, 2.75) is 64.8 Å². The molecule has 46 heavy (non-hydrogen) atoms. The van der Waals surface area contributed by atoms with Crippen LogP contribution >= 0.6 is 0 Å². The molecule has 1 aliphatic carbocycles. The minimum atomic E-state index is -2.61. The third-order valence-electron chi connectivity index (χ3n) is 8.19. The predicted molar refractivity (Wildman–Crippen MR) is 164 cm³/mol. The van der Waals surface area contributed by atoms with E-state index in [1.165, 1.54) is 42.3 Å². The Kier molecular flexibility index (Phi) is 9.71. The molecule has 1 saturated carbocycles. The van der Waals surface area contributed by atoms with E-state index >= 15 is 0 Å². The van der Waals surface area contributed by atoms with Gasteiger partial charge < -0.3 is 19.9 Å². The summed E-state index contributed by atoms with van der Waals surface area (Å²) in [4.78, 5) is 38.3. The van der Waals surface area contributed by atoms with Gasteiger partial charge in [0.05, 0.1) is 29.1 Å². The number of ether oxygens (including phenoxy) is 2. The molecule has 2 N–H and O–H groups in total. The molecule has 2 atom stereocenters. The van der Waals surface area contributed by atoms with Crippen LogP contribution in [0.2, 0.25) is 0 Å². The lowest BCUT2D eigenvalue weighted by atomic mass is 9.73. The number of rotatable bonds is 10. The summed E-state index contributed by atoms with van der Waals surface area (Å²) >= 11 is 0. The van der Waals surface area contributed by atoms with Crippen molar-refractivity contribution in [3.8, 4) is 11.3 Å². The molecule has 13 heteroatoms. The van der Waals surface area contributed by atoms with Crippen LogP contribution in [0.1, 0.15) is 73.1 Å². The number of esters is 2. The second-order valence-electron chi connectivity index (χ2n) is 11.8. The first-order valence-corrected chi connectivity index (χ1v) is 15.0. The Morgan fingerprint density at radius 3 is 2.46 bits per heavy atom. The van der Waals surface area contributed by atoms with Gasteiger partial charge in [-0.05, 0) is 87.4 Å². The number of carbonyl (C=O) groups excluding carboxylic acids is 2. The van der Waals surface area contributed by atoms with Crippen molar-refractivity contribution in [1.82, 2.24) is 24.7 Å². The van der Waals surface area contributed by atoms with Gasteiger partial charge in [-0.1, -0.05) is 0 Å². The summed E-state index contributed by atoms with van der Waals surface area (Å²) in [5.41, 5.74) is 1.60. The average molecular weight is 635 g/mol. The summed E-state index contributed by atoms with van der Waals surface area (Å²) in [7, 11) is 1.68. The largest absolute Gasteiger partial charge is 0.425 e. The van der Waals surface area contributed by atoms with E-state index in [2.05, 4.69) is 25.4 Å². The van der Waals surface area contributed by atoms with Crippen LogP contribution in [0.15, 0.2) is 61.2 Å². The van der Waals surface area contributed by atoms with Gasteiger partial charge in [-0.2, -0.15) is 5.10 Å². The fourth-order valence-corrected chi connectivity index (χ4v) is 5.64. The van der Waals surface area contributed by atoms with Crippen molar-refractivity contribution in [2.75, 3.05) is 5.32 Å². The number of aliphatic hydroxyl groups is 1. The van der Waals surface area contributed by atoms with E-state index in [0.717, 1.165) is 5.56 Å². The second kappa shape index (κ2) is 13.7. The second-order valence-corrected chi connectivity index (χ2v) is 11.8. The van der Waals surface area contributed by atoms with Crippen molar-refractivity contribution in [1.29, 1.82) is 0 Å². The molecule has 4 heterocycles. The van der Waals surface area contributed by atoms with Gasteiger partial charge in [0.2, 0.25) is 6.29 Å². The Balaban J connectivity index is 1.18. The molecule has 1 aliphatic rings. The van der Waals surface area contributed by atoms with Crippen LogP contribution in [0, 0.1) is 18.8 Å². The number of halogens is 2. The predicted octanol–water partition coefficient (Wildman–Crippen LogP) is 6.02. The molecule has 1 unspecified atom stereocenters. The Labute approximate surface area is 265 Å². The molecule has 0 spiro atoms. The van der Waals surface area contributed by atoms with Crippen molar-refractivity contribution >= 4 is 23.6 Å². The van der Waals surface area contributed by atoms with Gasteiger partial charge in [0.1, 0.15) is 17.2 Å². The number of anilines is 2. The topological polar surface area (TPSA) is 141 Å². The summed E-state index contributed by atoms with van der Waals surface area (Å²) in [6.45, 7) is 5.12. The van der Waals surface area contributed by atoms with E-state index in [0.29, 0.717) is 48.5 Å². The van der Waals surface area contributed by atoms with Gasteiger partial charge in [-0.15, -0.1) is 0 Å². The Morgan fingerprint density at radius 1 is 1.04 bits per heavy atom. The van der Waals surface area contributed by atoms with Crippen molar-refractivity contribution in [3.05, 3.63) is 83.6 Å². The van der Waals surface area contributed by atoms with Gasteiger partial charge in [0.25, 0.3) is 6.43 Å². The molecular formula is C33H36F2N6O5. The lowest BCUT2D eigenvalue weighted by molar-refractivity contribution is -0.172. The molecule has 1 fully saturated rings. The average Bonchev–Trinajstić information content (AvgIpc) is 3.47. The molecule has 0 bridgehead atoms. The number of hydrogen-bond donors (Lipinski definition) is 2. The number of hydrogen-bond acceptors (Lipinski definition) is 10. The standard InChI is InChI=1S/C33H36F2N6O5/c1-19-13-26(39-29(14-19)40-28-15-22(30(34)35)11-12-36-28)23-7-10-27(37-16-23)33(3,44)25-8-5-21(6-9-25)31(42)45-20(2)46-32(43)24-17-38-41(4)18-24/h7,10-18,20-21,25,30,44H,5-6,8-9H2,1-4H3,(H,36,39,40)/t20?,21?,25?,33-/m1/s1. The van der Waals surface area contributed by atoms with Gasteiger partial charge in [0, 0.05) is 43.7 Å². The molecule has 0 aromatic carbocycles. The number of carbonyl (C=O) groups is 2. The van der Waals surface area contributed by atoms with Crippen LogP contribution in [0.4, 0.5) is 20.4 Å². The molecule has 0 aliphatic heterocycles. The maximum absolute atomic E-state index is 13.1. The molecule has 4 aromatic heterocycles. The zero-order valence-electron chi connectivity index (χ0n) is 26.0. The summed E-state index contributed by atoms with van der Waals surface area (Å²) in [6, 6.07) is 9.80. The van der Waals surface area contributed by atoms with E-state index in [1.807, 2.05) is 19.1 Å². The third-order valence-corrected chi connectivity index (χ3v) is 8.19. The highest BCUT2D eigenvalue weighted by molar-refractivity contribution is 5.88. The fourth-order valence-electron chi connectivity index (χ4n) is 5.64. The summed E-state index contributed by atoms with van der Waals surface area (Å²) in [5.74, 6) is -0.874. The summed E-state index contributed by atoms with van der Waals surface area (Å²) < 4.78 is 38.3. The maximum Gasteiger partial charge on any atom is 0.344 e. The number of aromatic nitrogens is 5. The summed E-state index contributed by atoms with van der Waals surface area (Å²) in [5, 5.41) is 18.5. The lowest BCUT2D eigenvalue weighted by Crippen LogP contribution is -2.37. The van der Waals surface area contributed by atoms with Crippen LogP contribution in [0.25, 0.3) is 11.3 Å². The van der Waals surface area contributed by atoms with Crippen LogP contribution in [-0.4, -0.2) is 48.1 Å². The van der Waals surface area contributed by atoms with Crippen LogP contribution in [0.3, 0.4) is 0 Å². The SMILES string of the molecule is Cc1cc(Nc2cc(C(F)F)ccn2)nc(-c2ccc([C@](C)(O)C3CCC(C(=O)OC(C)OC(=O)c4cnn(C)c4)CC3)nc2)c1. The van der Waals surface area contributed by atoms with E-state index in [-0.39, 0.29) is 28.8 Å². The highest BCUT2D eigenvalue weighted by Crippen LogP contribution is 2.41. The first kappa shape index (κ1) is 32.6. The van der Waals surface area contributed by atoms with Crippen molar-refractivity contribution in [2.24, 2.45) is 18.9 Å². The Morgan fingerprint density at radius 2 is 1.80 bits per heavy atom. The van der Waals surface area contributed by atoms with E-state index in [1.54, 1.807) is 32.3 Å². The highest BCUT2D eigenvalue weighted by Gasteiger charge is 2.39. The molecule has 4 aromatic rings. The first-order valence-electron chi connectivity index (χ1n) is 15.0. The van der Waals surface area contributed by atoms with Crippen LogP contribution < -0.4 is 5.32 Å². The Bertz CT molecular complexity index is 1690. The van der Waals surface area contributed by atoms with E-state index in [4.69, 9.17) is 9.47 Å². The first-order chi connectivity index (χ1) is 21.9. The molecule has 5 rings (SSSR count). The van der Waals surface area contributed by atoms with Gasteiger partial charge in [-0.25, -0.2) is 23.5 Å². The quantitative estimate of drug-likeness (QED) is 0.157. The number of aryl methyl sites for hydroxylation is 2. The Hall–Kier alpha value is -4.78. The number of nitrogens with one attached hydrogen (secondary N) is 1. The number of nitrogens with zero attached hydrogens (tertiary/aromatic N) is 5. The molecular weight excluding hydrogens is 598 g/mol. The van der Waals surface area contributed by atoms with Crippen LogP contribution in [-0.2, 0) is 26.9 Å². The smallest absolute Gasteiger partial charge is 0.344 e. The van der Waals surface area contributed by atoms with E-state index in [9.17, 15) is 23.5 Å². The number of pyridine rings is 3. The van der Waals surface area contributed by atoms with Crippen molar-refractivity contribution < 1.29 is 33.0 Å². The van der Waals surface area contributed by atoms with Gasteiger partial charge >= 0.3 is 11.9 Å². The monoisotopic (exact) mass is 634 g/mol. The minimum Gasteiger partial charge on any atom is -0.425 e. The fraction of sp³-hybridized carbons (Fsp3) is 0.394. The van der Waals surface area contributed by atoms with Crippen LogP contribution in [0.5, 0.6) is 0 Å².